The average molecular weight is 344 g/mol. The molecule has 0 saturated carbocycles. The van der Waals surface area contributed by atoms with E-state index < -0.39 is 0 Å². The van der Waals surface area contributed by atoms with E-state index in [1.54, 1.807) is 13.2 Å². The topological polar surface area (TPSA) is 34.4 Å². The fraction of sp³-hybridized carbons (Fsp3) is 0.467. The molecule has 0 spiro atoms. The third-order valence-corrected chi connectivity index (χ3v) is 3.65. The Balaban J connectivity index is 2.34. The van der Waals surface area contributed by atoms with Crippen molar-refractivity contribution < 1.29 is 13.5 Å². The van der Waals surface area contributed by atoms with Crippen LogP contribution in [0.15, 0.2) is 21.0 Å². The van der Waals surface area contributed by atoms with Crippen LogP contribution >= 0.6 is 15.9 Å². The van der Waals surface area contributed by atoms with Gasteiger partial charge in [0.2, 0.25) is 0 Å². The van der Waals surface area contributed by atoms with E-state index >= 15 is 0 Å². The van der Waals surface area contributed by atoms with Crippen LogP contribution in [-0.2, 0) is 17.9 Å². The second-order valence-electron chi connectivity index (χ2n) is 5.22. The molecule has 0 radical (unpaired) electrons. The summed E-state index contributed by atoms with van der Waals surface area (Å²) in [6.45, 7) is 6.26. The van der Waals surface area contributed by atoms with Crippen molar-refractivity contribution in [2.75, 3.05) is 13.7 Å². The maximum absolute atomic E-state index is 13.6. The molecule has 0 amide bonds. The van der Waals surface area contributed by atoms with Crippen molar-refractivity contribution in [2.45, 2.75) is 27.0 Å². The van der Waals surface area contributed by atoms with Crippen molar-refractivity contribution in [1.29, 1.82) is 0 Å². The molecule has 0 aliphatic rings. The lowest BCUT2D eigenvalue weighted by Crippen LogP contribution is -2.19. The fourth-order valence-corrected chi connectivity index (χ4v) is 2.46. The minimum atomic E-state index is -0.322. The summed E-state index contributed by atoms with van der Waals surface area (Å²) >= 11 is 3.21. The van der Waals surface area contributed by atoms with E-state index in [0.717, 1.165) is 23.3 Å². The molecule has 1 heterocycles. The van der Waals surface area contributed by atoms with Gasteiger partial charge < -0.3 is 14.5 Å². The molecular formula is C15H19BrFNO2. The number of furan rings is 1. The summed E-state index contributed by atoms with van der Waals surface area (Å²) in [5.41, 5.74) is 1.53. The van der Waals surface area contributed by atoms with Gasteiger partial charge in [-0.15, -0.1) is 0 Å². The molecule has 0 saturated heterocycles. The molecule has 0 unspecified atom stereocenters. The fourth-order valence-electron chi connectivity index (χ4n) is 2.11. The number of benzene rings is 1. The molecule has 2 rings (SSSR count). The molecule has 110 valence electrons. The normalized spacial score (nSPS) is 11.7. The third kappa shape index (κ3) is 3.40. The van der Waals surface area contributed by atoms with Crippen LogP contribution < -0.4 is 5.32 Å². The van der Waals surface area contributed by atoms with E-state index in [4.69, 9.17) is 9.15 Å². The van der Waals surface area contributed by atoms with Crippen molar-refractivity contribution in [1.82, 2.24) is 5.32 Å². The summed E-state index contributed by atoms with van der Waals surface area (Å²) in [6, 6.07) is 3.15. The van der Waals surface area contributed by atoms with Crippen LogP contribution in [0.1, 0.15) is 25.2 Å². The van der Waals surface area contributed by atoms with Gasteiger partial charge in [-0.1, -0.05) is 13.8 Å². The molecule has 5 heteroatoms. The van der Waals surface area contributed by atoms with Crippen molar-refractivity contribution in [3.05, 3.63) is 33.7 Å². The number of nitrogens with one attached hydrogen (secondary N) is 1. The van der Waals surface area contributed by atoms with Crippen LogP contribution in [-0.4, -0.2) is 13.7 Å². The predicted octanol–water partition coefficient (Wildman–Crippen LogP) is 4.23. The van der Waals surface area contributed by atoms with Gasteiger partial charge >= 0.3 is 0 Å². The molecule has 20 heavy (non-hydrogen) atoms. The highest BCUT2D eigenvalue weighted by molar-refractivity contribution is 9.10. The largest absolute Gasteiger partial charge is 0.459 e. The standard InChI is InChI=1S/C15H19BrFNO2/c1-9(2)6-18-7-15-11(8-19-3)10-4-12(16)13(17)5-14(10)20-15/h4-5,9,18H,6-8H2,1-3H3. The van der Waals surface area contributed by atoms with Gasteiger partial charge in [0.25, 0.3) is 0 Å². The number of hydrogen-bond acceptors (Lipinski definition) is 3. The molecular weight excluding hydrogens is 325 g/mol. The van der Waals surface area contributed by atoms with Crippen LogP contribution in [0.5, 0.6) is 0 Å². The number of ether oxygens (including phenoxy) is 1. The Morgan fingerprint density at radius 3 is 2.80 bits per heavy atom. The first kappa shape index (κ1) is 15.5. The van der Waals surface area contributed by atoms with E-state index in [2.05, 4.69) is 35.1 Å². The Hall–Kier alpha value is -0.910. The highest BCUT2D eigenvalue weighted by atomic mass is 79.9. The predicted molar refractivity (Wildman–Crippen MR) is 81.1 cm³/mol. The van der Waals surface area contributed by atoms with E-state index in [1.807, 2.05) is 0 Å². The zero-order valence-corrected chi connectivity index (χ0v) is 13.5. The van der Waals surface area contributed by atoms with Crippen LogP contribution in [0, 0.1) is 11.7 Å². The Labute approximate surface area is 126 Å². The molecule has 1 aromatic carbocycles. The summed E-state index contributed by atoms with van der Waals surface area (Å²) in [6.07, 6.45) is 0. The minimum Gasteiger partial charge on any atom is -0.459 e. The number of halogens is 2. The van der Waals surface area contributed by atoms with Gasteiger partial charge in [0.05, 0.1) is 17.6 Å². The van der Waals surface area contributed by atoms with Gasteiger partial charge in [-0.25, -0.2) is 4.39 Å². The van der Waals surface area contributed by atoms with Crippen LogP contribution in [0.3, 0.4) is 0 Å². The Kier molecular flexibility index (Phi) is 5.18. The number of rotatable bonds is 6. The SMILES string of the molecule is COCc1c(CNCC(C)C)oc2cc(F)c(Br)cc12. The van der Waals surface area contributed by atoms with Gasteiger partial charge in [0, 0.05) is 24.1 Å². The van der Waals surface area contributed by atoms with Crippen molar-refractivity contribution in [3.63, 3.8) is 0 Å². The van der Waals surface area contributed by atoms with Crippen LogP contribution in [0.2, 0.25) is 0 Å². The maximum Gasteiger partial charge on any atom is 0.141 e. The zero-order chi connectivity index (χ0) is 14.7. The van der Waals surface area contributed by atoms with Gasteiger partial charge in [-0.05, 0) is 34.5 Å². The Morgan fingerprint density at radius 1 is 1.40 bits per heavy atom. The molecule has 2 aromatic rings. The number of fused-ring (bicyclic) bond motifs is 1. The third-order valence-electron chi connectivity index (χ3n) is 3.04. The van der Waals surface area contributed by atoms with Crippen molar-refractivity contribution in [3.8, 4) is 0 Å². The summed E-state index contributed by atoms with van der Waals surface area (Å²) < 4.78 is 25.0. The highest BCUT2D eigenvalue weighted by Crippen LogP contribution is 2.31. The lowest BCUT2D eigenvalue weighted by Gasteiger charge is -2.07. The van der Waals surface area contributed by atoms with Gasteiger partial charge in [0.1, 0.15) is 17.2 Å². The Bertz CT molecular complexity index is 595. The Morgan fingerprint density at radius 2 is 2.15 bits per heavy atom. The van der Waals surface area contributed by atoms with E-state index in [0.29, 0.717) is 29.1 Å². The van der Waals surface area contributed by atoms with E-state index in [1.165, 1.54) is 6.07 Å². The molecule has 0 bridgehead atoms. The highest BCUT2D eigenvalue weighted by Gasteiger charge is 2.16. The van der Waals surface area contributed by atoms with E-state index in [-0.39, 0.29) is 5.82 Å². The summed E-state index contributed by atoms with van der Waals surface area (Å²) in [5, 5.41) is 4.23. The lowest BCUT2D eigenvalue weighted by molar-refractivity contribution is 0.183. The monoisotopic (exact) mass is 343 g/mol. The van der Waals surface area contributed by atoms with Crippen molar-refractivity contribution >= 4 is 26.9 Å². The number of hydrogen-bond donors (Lipinski definition) is 1. The van der Waals surface area contributed by atoms with Crippen LogP contribution in [0.4, 0.5) is 4.39 Å². The van der Waals surface area contributed by atoms with Crippen LogP contribution in [0.25, 0.3) is 11.0 Å². The first-order chi connectivity index (χ1) is 9.52. The van der Waals surface area contributed by atoms with E-state index in [9.17, 15) is 4.39 Å². The van der Waals surface area contributed by atoms with Gasteiger partial charge in [-0.2, -0.15) is 0 Å². The summed E-state index contributed by atoms with van der Waals surface area (Å²) in [5.74, 6) is 1.05. The maximum atomic E-state index is 13.6. The molecule has 1 N–H and O–H groups in total. The van der Waals surface area contributed by atoms with Gasteiger partial charge in [-0.3, -0.25) is 0 Å². The first-order valence-electron chi connectivity index (χ1n) is 6.61. The lowest BCUT2D eigenvalue weighted by atomic mass is 10.1. The molecule has 0 aliphatic carbocycles. The smallest absolute Gasteiger partial charge is 0.141 e. The average Bonchev–Trinajstić information content (AvgIpc) is 2.68. The molecule has 0 aliphatic heterocycles. The molecule has 1 aromatic heterocycles. The molecule has 3 nitrogen and oxygen atoms in total. The first-order valence-corrected chi connectivity index (χ1v) is 7.41. The van der Waals surface area contributed by atoms with Crippen molar-refractivity contribution in [2.24, 2.45) is 5.92 Å². The number of methoxy groups -OCH3 is 1. The quantitative estimate of drug-likeness (QED) is 0.852. The molecule has 0 fully saturated rings. The second-order valence-corrected chi connectivity index (χ2v) is 6.08. The summed E-state index contributed by atoms with van der Waals surface area (Å²) in [7, 11) is 1.64. The second kappa shape index (κ2) is 6.70. The minimum absolute atomic E-state index is 0.322. The summed E-state index contributed by atoms with van der Waals surface area (Å²) in [4.78, 5) is 0. The van der Waals surface area contributed by atoms with Gasteiger partial charge in [0.15, 0.2) is 0 Å². The molecule has 0 atom stereocenters. The zero-order valence-electron chi connectivity index (χ0n) is 11.9.